The van der Waals surface area contributed by atoms with Crippen LogP contribution >= 0.6 is 11.6 Å². The van der Waals surface area contributed by atoms with E-state index in [9.17, 15) is 9.18 Å². The topological polar surface area (TPSA) is 55.1 Å². The van der Waals surface area contributed by atoms with Gasteiger partial charge in [0.2, 0.25) is 5.91 Å². The van der Waals surface area contributed by atoms with Crippen molar-refractivity contribution in [2.45, 2.75) is 13.0 Å². The molecule has 0 saturated heterocycles. The van der Waals surface area contributed by atoms with Crippen molar-refractivity contribution in [2.75, 3.05) is 0 Å². The van der Waals surface area contributed by atoms with E-state index >= 15 is 0 Å². The number of benzene rings is 2. The van der Waals surface area contributed by atoms with Gasteiger partial charge in [-0.15, -0.1) is 0 Å². The third-order valence-corrected chi connectivity index (χ3v) is 3.54. The molecule has 6 heteroatoms. The van der Waals surface area contributed by atoms with E-state index in [-0.39, 0.29) is 23.9 Å². The molecule has 2 aromatic carbocycles. The predicted octanol–water partition coefficient (Wildman–Crippen LogP) is 3.48. The number of fused-ring (bicyclic) bond motifs is 1. The molecule has 3 aromatic rings. The molecule has 0 atom stereocenters. The van der Waals surface area contributed by atoms with Crippen molar-refractivity contribution in [2.24, 2.45) is 0 Å². The molecular weight excluding hydrogens is 307 g/mol. The van der Waals surface area contributed by atoms with Gasteiger partial charge in [-0.2, -0.15) is 0 Å². The Morgan fingerprint density at radius 2 is 2.09 bits per heavy atom. The molecule has 22 heavy (non-hydrogen) atoms. The Morgan fingerprint density at radius 3 is 2.91 bits per heavy atom. The molecule has 0 radical (unpaired) electrons. The summed E-state index contributed by atoms with van der Waals surface area (Å²) < 4.78 is 18.2. The first-order valence-corrected chi connectivity index (χ1v) is 7.05. The smallest absolute Gasteiger partial charge is 0.226 e. The predicted molar refractivity (Wildman–Crippen MR) is 81.0 cm³/mol. The van der Waals surface area contributed by atoms with Gasteiger partial charge in [-0.05, 0) is 29.8 Å². The highest BCUT2D eigenvalue weighted by Gasteiger charge is 2.12. The summed E-state index contributed by atoms with van der Waals surface area (Å²) in [5, 5.41) is 7.51. The Kier molecular flexibility index (Phi) is 4.06. The molecule has 1 heterocycles. The fraction of sp³-hybridized carbons (Fsp3) is 0.125. The molecule has 0 saturated carbocycles. The number of para-hydroxylation sites is 1. The largest absolute Gasteiger partial charge is 0.356 e. The van der Waals surface area contributed by atoms with Crippen molar-refractivity contribution in [1.82, 2.24) is 10.5 Å². The molecule has 0 fully saturated rings. The number of rotatable bonds is 4. The van der Waals surface area contributed by atoms with Crippen molar-refractivity contribution in [1.29, 1.82) is 0 Å². The lowest BCUT2D eigenvalue weighted by Crippen LogP contribution is -2.24. The first-order valence-electron chi connectivity index (χ1n) is 6.67. The lowest BCUT2D eigenvalue weighted by molar-refractivity contribution is -0.120. The summed E-state index contributed by atoms with van der Waals surface area (Å²) in [4.78, 5) is 12.0. The van der Waals surface area contributed by atoms with Gasteiger partial charge < -0.3 is 9.84 Å². The van der Waals surface area contributed by atoms with Gasteiger partial charge in [-0.1, -0.05) is 35.0 Å². The Bertz CT molecular complexity index is 832. The summed E-state index contributed by atoms with van der Waals surface area (Å²) in [6.45, 7) is 0.272. The average molecular weight is 319 g/mol. The van der Waals surface area contributed by atoms with Gasteiger partial charge in [-0.25, -0.2) is 4.39 Å². The Balaban J connectivity index is 1.64. The van der Waals surface area contributed by atoms with Crippen LogP contribution in [0.15, 0.2) is 47.0 Å². The van der Waals surface area contributed by atoms with Gasteiger partial charge >= 0.3 is 0 Å². The highest BCUT2D eigenvalue weighted by Crippen LogP contribution is 2.18. The number of halogens is 2. The first kappa shape index (κ1) is 14.5. The minimum atomic E-state index is -0.481. The second-order valence-electron chi connectivity index (χ2n) is 4.83. The minimum absolute atomic E-state index is 0.0363. The maximum atomic E-state index is 13.1. The van der Waals surface area contributed by atoms with Crippen LogP contribution in [0.5, 0.6) is 0 Å². The molecular formula is C16H12ClFN2O2. The summed E-state index contributed by atoms with van der Waals surface area (Å²) in [6.07, 6.45) is 0.117. The highest BCUT2D eigenvalue weighted by molar-refractivity contribution is 6.30. The van der Waals surface area contributed by atoms with Crippen molar-refractivity contribution in [3.05, 3.63) is 64.6 Å². The first-order chi connectivity index (χ1) is 10.6. The quantitative estimate of drug-likeness (QED) is 0.801. The molecule has 0 aliphatic rings. The summed E-state index contributed by atoms with van der Waals surface area (Å²) in [6, 6.07) is 11.7. The van der Waals surface area contributed by atoms with E-state index < -0.39 is 5.82 Å². The van der Waals surface area contributed by atoms with Crippen LogP contribution < -0.4 is 5.32 Å². The molecule has 1 N–H and O–H groups in total. The average Bonchev–Trinajstić information content (AvgIpc) is 2.92. The minimum Gasteiger partial charge on any atom is -0.356 e. The van der Waals surface area contributed by atoms with Gasteiger partial charge in [0.25, 0.3) is 0 Å². The van der Waals surface area contributed by atoms with E-state index in [4.69, 9.17) is 16.1 Å². The van der Waals surface area contributed by atoms with Crippen molar-refractivity contribution in [3.63, 3.8) is 0 Å². The van der Waals surface area contributed by atoms with Crippen LogP contribution in [-0.2, 0) is 17.8 Å². The molecule has 0 aliphatic carbocycles. The summed E-state index contributed by atoms with van der Waals surface area (Å²) in [5.74, 6) is -0.676. The Hall–Kier alpha value is -2.40. The lowest BCUT2D eigenvalue weighted by atomic mass is 10.1. The number of carbonyl (C=O) groups excluding carboxylic acids is 1. The van der Waals surface area contributed by atoms with E-state index in [1.807, 2.05) is 18.2 Å². The number of nitrogens with zero attached hydrogens (tertiary/aromatic N) is 1. The summed E-state index contributed by atoms with van der Waals surface area (Å²) in [5.41, 5.74) is 1.96. The van der Waals surface area contributed by atoms with Crippen LogP contribution in [0.1, 0.15) is 11.3 Å². The molecule has 0 aliphatic heterocycles. The van der Waals surface area contributed by atoms with Gasteiger partial charge in [0.1, 0.15) is 11.5 Å². The van der Waals surface area contributed by atoms with Crippen LogP contribution in [0.2, 0.25) is 5.02 Å². The summed E-state index contributed by atoms with van der Waals surface area (Å²) in [7, 11) is 0. The van der Waals surface area contributed by atoms with Crippen molar-refractivity contribution in [3.8, 4) is 0 Å². The molecule has 3 rings (SSSR count). The van der Waals surface area contributed by atoms with Gasteiger partial charge in [-0.3, -0.25) is 4.79 Å². The monoisotopic (exact) mass is 318 g/mol. The molecule has 112 valence electrons. The number of hydrogen-bond acceptors (Lipinski definition) is 3. The molecule has 0 unspecified atom stereocenters. The van der Waals surface area contributed by atoms with Crippen LogP contribution in [-0.4, -0.2) is 11.1 Å². The van der Waals surface area contributed by atoms with Crippen LogP contribution in [0.3, 0.4) is 0 Å². The molecule has 0 spiro atoms. The Labute approximate surface area is 130 Å². The van der Waals surface area contributed by atoms with Gasteiger partial charge in [0.05, 0.1) is 11.4 Å². The van der Waals surface area contributed by atoms with E-state index in [1.165, 1.54) is 12.1 Å². The maximum absolute atomic E-state index is 13.1. The van der Waals surface area contributed by atoms with E-state index in [0.717, 1.165) is 10.9 Å². The molecule has 1 amide bonds. The van der Waals surface area contributed by atoms with Gasteiger partial charge in [0, 0.05) is 11.9 Å². The van der Waals surface area contributed by atoms with Gasteiger partial charge in [0.15, 0.2) is 5.58 Å². The molecule has 1 aromatic heterocycles. The van der Waals surface area contributed by atoms with E-state index in [2.05, 4.69) is 10.5 Å². The number of nitrogens with one attached hydrogen (secondary N) is 1. The standard InChI is InChI=1S/C16H12ClFN2O2/c17-12-7-10(5-6-13(12)18)9-19-16(21)8-14-11-3-1-2-4-15(11)22-20-14/h1-7H,8-9H2,(H,19,21). The fourth-order valence-electron chi connectivity index (χ4n) is 2.13. The van der Waals surface area contributed by atoms with Crippen LogP contribution in [0.25, 0.3) is 11.0 Å². The zero-order chi connectivity index (χ0) is 15.5. The Morgan fingerprint density at radius 1 is 1.27 bits per heavy atom. The number of hydrogen-bond donors (Lipinski definition) is 1. The summed E-state index contributed by atoms with van der Waals surface area (Å²) >= 11 is 5.70. The lowest BCUT2D eigenvalue weighted by Gasteiger charge is -2.05. The zero-order valence-corrected chi connectivity index (χ0v) is 12.2. The normalized spacial score (nSPS) is 10.8. The number of aromatic nitrogens is 1. The van der Waals surface area contributed by atoms with E-state index in [0.29, 0.717) is 11.3 Å². The third kappa shape index (κ3) is 3.09. The fourth-order valence-corrected chi connectivity index (χ4v) is 2.33. The van der Waals surface area contributed by atoms with Crippen LogP contribution in [0.4, 0.5) is 4.39 Å². The SMILES string of the molecule is O=C(Cc1noc2ccccc12)NCc1ccc(F)c(Cl)c1. The maximum Gasteiger partial charge on any atom is 0.226 e. The second-order valence-corrected chi connectivity index (χ2v) is 5.23. The van der Waals surface area contributed by atoms with Crippen molar-refractivity contribution >= 4 is 28.5 Å². The van der Waals surface area contributed by atoms with Crippen LogP contribution in [0, 0.1) is 5.82 Å². The van der Waals surface area contributed by atoms with Crippen molar-refractivity contribution < 1.29 is 13.7 Å². The molecule has 0 bridgehead atoms. The third-order valence-electron chi connectivity index (χ3n) is 3.25. The molecule has 4 nitrogen and oxygen atoms in total. The second kappa shape index (κ2) is 6.15. The number of amides is 1. The highest BCUT2D eigenvalue weighted by atomic mass is 35.5. The zero-order valence-electron chi connectivity index (χ0n) is 11.5. The van der Waals surface area contributed by atoms with E-state index in [1.54, 1.807) is 12.1 Å². The number of carbonyl (C=O) groups is 1.